The Morgan fingerprint density at radius 3 is 2.29 bits per heavy atom. The summed E-state index contributed by atoms with van der Waals surface area (Å²) in [5, 5.41) is 12.7. The van der Waals surface area contributed by atoms with E-state index in [4.69, 9.17) is 0 Å². The van der Waals surface area contributed by atoms with Gasteiger partial charge in [-0.05, 0) is 44.1 Å². The molecule has 4 nitrogen and oxygen atoms in total. The van der Waals surface area contributed by atoms with Crippen LogP contribution in [0.3, 0.4) is 0 Å². The molecular formula is C7H2Br2N2O2S. The summed E-state index contributed by atoms with van der Waals surface area (Å²) >= 11 is 10.8. The maximum Gasteiger partial charge on any atom is 0.271 e. The lowest BCUT2D eigenvalue weighted by molar-refractivity contribution is -0.385. The van der Waals surface area contributed by atoms with E-state index in [1.807, 2.05) is 0 Å². The Labute approximate surface area is 101 Å². The molecule has 0 aliphatic carbocycles. The monoisotopic (exact) mass is 336 g/mol. The Hall–Kier alpha value is -0.620. The highest BCUT2D eigenvalue weighted by Crippen LogP contribution is 2.36. The van der Waals surface area contributed by atoms with Gasteiger partial charge in [-0.2, -0.15) is 4.99 Å². The molecule has 14 heavy (non-hydrogen) atoms. The molecule has 0 fully saturated rings. The highest BCUT2D eigenvalue weighted by molar-refractivity contribution is 9.11. The molecular weight excluding hydrogens is 336 g/mol. The third kappa shape index (κ3) is 2.45. The fourth-order valence-electron chi connectivity index (χ4n) is 0.810. The van der Waals surface area contributed by atoms with Crippen LogP contribution in [-0.2, 0) is 0 Å². The summed E-state index contributed by atoms with van der Waals surface area (Å²) in [6.07, 6.45) is 0. The van der Waals surface area contributed by atoms with E-state index in [0.717, 1.165) is 0 Å². The van der Waals surface area contributed by atoms with Crippen LogP contribution in [0.1, 0.15) is 0 Å². The number of benzene rings is 1. The maximum atomic E-state index is 10.5. The number of nitrogens with zero attached hydrogens (tertiary/aromatic N) is 2. The molecule has 0 unspecified atom stereocenters. The van der Waals surface area contributed by atoms with E-state index in [2.05, 4.69) is 54.2 Å². The van der Waals surface area contributed by atoms with Crippen LogP contribution < -0.4 is 0 Å². The summed E-state index contributed by atoms with van der Waals surface area (Å²) in [6.45, 7) is 0. The number of non-ortho nitro benzene ring substituents is 1. The summed E-state index contributed by atoms with van der Waals surface area (Å²) in [6, 6.07) is 2.71. The fourth-order valence-corrected chi connectivity index (χ4v) is 2.24. The zero-order valence-electron chi connectivity index (χ0n) is 6.53. The van der Waals surface area contributed by atoms with Crippen LogP contribution >= 0.6 is 44.1 Å². The number of hydrogen-bond donors (Lipinski definition) is 0. The molecule has 0 radical (unpaired) electrons. The quantitative estimate of drug-likeness (QED) is 0.356. The van der Waals surface area contributed by atoms with Gasteiger partial charge in [-0.1, -0.05) is 0 Å². The average molecular weight is 338 g/mol. The van der Waals surface area contributed by atoms with E-state index in [0.29, 0.717) is 14.6 Å². The first-order chi connectivity index (χ1) is 6.56. The number of halogens is 2. The maximum absolute atomic E-state index is 10.5. The van der Waals surface area contributed by atoms with Crippen molar-refractivity contribution in [1.29, 1.82) is 0 Å². The lowest BCUT2D eigenvalue weighted by Gasteiger charge is -1.99. The molecule has 1 rings (SSSR count). The molecule has 0 aliphatic heterocycles. The second-order valence-corrected chi connectivity index (χ2v) is 4.11. The van der Waals surface area contributed by atoms with E-state index in [-0.39, 0.29) is 5.69 Å². The van der Waals surface area contributed by atoms with Gasteiger partial charge in [-0.25, -0.2) is 0 Å². The van der Waals surface area contributed by atoms with E-state index < -0.39 is 4.92 Å². The Bertz CT molecular complexity index is 420. The van der Waals surface area contributed by atoms with Crippen LogP contribution in [0, 0.1) is 10.1 Å². The standard InChI is InChI=1S/C7H2Br2N2O2S/c8-5-1-4(11(12)13)2-6(9)7(5)10-3-14/h1-2H. The molecule has 72 valence electrons. The van der Waals surface area contributed by atoms with Crippen molar-refractivity contribution in [2.45, 2.75) is 0 Å². The number of aliphatic imine (C=N–C) groups is 1. The van der Waals surface area contributed by atoms with E-state index in [1.165, 1.54) is 12.1 Å². The van der Waals surface area contributed by atoms with Crippen LogP contribution in [0.15, 0.2) is 26.1 Å². The van der Waals surface area contributed by atoms with Crippen molar-refractivity contribution in [2.75, 3.05) is 0 Å². The van der Waals surface area contributed by atoms with Crippen LogP contribution in [0.25, 0.3) is 0 Å². The second kappa shape index (κ2) is 4.75. The van der Waals surface area contributed by atoms with Crippen LogP contribution in [0.2, 0.25) is 0 Å². The SMILES string of the molecule is O=[N+]([O-])c1cc(Br)c(N=C=S)c(Br)c1. The van der Waals surface area contributed by atoms with Crippen molar-refractivity contribution in [3.05, 3.63) is 31.2 Å². The minimum absolute atomic E-state index is 0.0212. The number of rotatable bonds is 2. The van der Waals surface area contributed by atoms with Gasteiger partial charge in [0.05, 0.1) is 19.0 Å². The lowest BCUT2D eigenvalue weighted by Crippen LogP contribution is -1.87. The fraction of sp³-hybridized carbons (Fsp3) is 0. The normalized spacial score (nSPS) is 9.29. The molecule has 1 aromatic carbocycles. The van der Waals surface area contributed by atoms with E-state index >= 15 is 0 Å². The first-order valence-electron chi connectivity index (χ1n) is 3.27. The number of thiocarbonyl (C=S) groups is 1. The Kier molecular flexibility index (Phi) is 3.88. The highest BCUT2D eigenvalue weighted by Gasteiger charge is 2.12. The molecule has 0 heterocycles. The molecule has 0 spiro atoms. The van der Waals surface area contributed by atoms with Gasteiger partial charge < -0.3 is 0 Å². The third-order valence-corrected chi connectivity index (χ3v) is 2.67. The zero-order valence-corrected chi connectivity index (χ0v) is 10.5. The van der Waals surface area contributed by atoms with Gasteiger partial charge in [0.25, 0.3) is 5.69 Å². The van der Waals surface area contributed by atoms with Crippen molar-refractivity contribution in [1.82, 2.24) is 0 Å². The molecule has 7 heteroatoms. The average Bonchev–Trinajstić information content (AvgIpc) is 2.10. The molecule has 0 atom stereocenters. The second-order valence-electron chi connectivity index (χ2n) is 2.22. The smallest absolute Gasteiger partial charge is 0.258 e. The molecule has 0 saturated heterocycles. The Morgan fingerprint density at radius 2 is 1.93 bits per heavy atom. The van der Waals surface area contributed by atoms with Crippen molar-refractivity contribution >= 4 is 60.6 Å². The topological polar surface area (TPSA) is 55.5 Å². The van der Waals surface area contributed by atoms with Crippen molar-refractivity contribution in [3.8, 4) is 0 Å². The molecule has 0 aliphatic rings. The van der Waals surface area contributed by atoms with Crippen LogP contribution in [0.5, 0.6) is 0 Å². The minimum Gasteiger partial charge on any atom is -0.258 e. The molecule has 0 saturated carbocycles. The number of nitro groups is 1. The number of isothiocyanates is 1. The summed E-state index contributed by atoms with van der Waals surface area (Å²) < 4.78 is 0.992. The molecule has 1 aromatic rings. The molecule has 0 aromatic heterocycles. The third-order valence-electron chi connectivity index (χ3n) is 1.37. The van der Waals surface area contributed by atoms with Crippen molar-refractivity contribution < 1.29 is 4.92 Å². The van der Waals surface area contributed by atoms with Gasteiger partial charge in [-0.3, -0.25) is 10.1 Å². The predicted molar refractivity (Wildman–Crippen MR) is 63.2 cm³/mol. The first-order valence-corrected chi connectivity index (χ1v) is 5.27. The lowest BCUT2D eigenvalue weighted by atomic mass is 10.3. The first kappa shape index (κ1) is 11.5. The summed E-state index contributed by atoms with van der Waals surface area (Å²) in [5.41, 5.74) is 0.470. The van der Waals surface area contributed by atoms with Gasteiger partial charge in [0.15, 0.2) is 0 Å². The van der Waals surface area contributed by atoms with E-state index in [9.17, 15) is 10.1 Å². The highest BCUT2D eigenvalue weighted by atomic mass is 79.9. The number of hydrogen-bond acceptors (Lipinski definition) is 4. The summed E-state index contributed by atoms with van der Waals surface area (Å²) in [4.78, 5) is 13.7. The van der Waals surface area contributed by atoms with Gasteiger partial charge in [0, 0.05) is 12.1 Å². The van der Waals surface area contributed by atoms with Crippen LogP contribution in [-0.4, -0.2) is 10.1 Å². The number of nitro benzene ring substituents is 1. The molecule has 0 amide bonds. The van der Waals surface area contributed by atoms with Gasteiger partial charge >= 0.3 is 0 Å². The summed E-state index contributed by atoms with van der Waals surface area (Å²) in [7, 11) is 0. The van der Waals surface area contributed by atoms with E-state index in [1.54, 1.807) is 0 Å². The van der Waals surface area contributed by atoms with Crippen molar-refractivity contribution in [2.24, 2.45) is 4.99 Å². The Morgan fingerprint density at radius 1 is 1.43 bits per heavy atom. The van der Waals surface area contributed by atoms with Gasteiger partial charge in [0.1, 0.15) is 5.69 Å². The predicted octanol–water partition coefficient (Wildman–Crippen LogP) is 3.85. The largest absolute Gasteiger partial charge is 0.271 e. The van der Waals surface area contributed by atoms with Crippen LogP contribution in [0.4, 0.5) is 11.4 Å². The minimum atomic E-state index is -0.486. The van der Waals surface area contributed by atoms with Gasteiger partial charge in [0.2, 0.25) is 0 Å². The molecule has 0 N–H and O–H groups in total. The molecule has 0 bridgehead atoms. The van der Waals surface area contributed by atoms with Crippen molar-refractivity contribution in [3.63, 3.8) is 0 Å². The Balaban J connectivity index is 3.39. The van der Waals surface area contributed by atoms with Gasteiger partial charge in [-0.15, -0.1) is 0 Å². The summed E-state index contributed by atoms with van der Waals surface area (Å²) in [5.74, 6) is 0. The zero-order chi connectivity index (χ0) is 10.7.